The van der Waals surface area contributed by atoms with Crippen molar-refractivity contribution in [3.05, 3.63) is 74.6 Å². The van der Waals surface area contributed by atoms with Crippen molar-refractivity contribution in [2.24, 2.45) is 0 Å². The first-order chi connectivity index (χ1) is 14.1. The maximum Gasteiger partial charge on any atom is 0.274 e. The van der Waals surface area contributed by atoms with Crippen LogP contribution < -0.4 is 15.2 Å². The Kier molecular flexibility index (Phi) is 5.13. The molecular formula is C20H19N5O3S. The molecule has 8 nitrogen and oxygen atoms in total. The number of aryl methyl sites for hydroxylation is 1. The van der Waals surface area contributed by atoms with Crippen LogP contribution in [0, 0.1) is 6.92 Å². The number of ether oxygens (including phenoxy) is 1. The number of amides is 1. The standard InChI is InChI=1S/C20H19N5O3S/c1-3-28-15-8-5-4-7-14(15)24(19(27)16-9-6-10-29-16)12-17-22-20-21-13(2)11-18(26)25(20)23-17/h4-11H,3,12H2,1-2H3,(H,21,22,23). The van der Waals surface area contributed by atoms with Crippen LogP contribution in [0.15, 0.2) is 52.6 Å². The first-order valence-corrected chi connectivity index (χ1v) is 9.97. The van der Waals surface area contributed by atoms with E-state index in [2.05, 4.69) is 15.1 Å². The summed E-state index contributed by atoms with van der Waals surface area (Å²) in [5.74, 6) is 1.13. The molecule has 0 bridgehead atoms. The molecule has 0 aliphatic carbocycles. The molecule has 0 saturated carbocycles. The maximum absolute atomic E-state index is 13.3. The summed E-state index contributed by atoms with van der Waals surface area (Å²) in [6, 6.07) is 12.4. The normalized spacial score (nSPS) is 11.0. The third-order valence-electron chi connectivity index (χ3n) is 4.25. The van der Waals surface area contributed by atoms with Crippen molar-refractivity contribution >= 4 is 28.7 Å². The zero-order valence-electron chi connectivity index (χ0n) is 16.0. The Morgan fingerprint density at radius 2 is 2.07 bits per heavy atom. The van der Waals surface area contributed by atoms with E-state index in [1.165, 1.54) is 21.9 Å². The van der Waals surface area contributed by atoms with Gasteiger partial charge < -0.3 is 4.74 Å². The largest absolute Gasteiger partial charge is 0.492 e. The summed E-state index contributed by atoms with van der Waals surface area (Å²) in [7, 11) is 0. The van der Waals surface area contributed by atoms with E-state index in [4.69, 9.17) is 4.74 Å². The summed E-state index contributed by atoms with van der Waals surface area (Å²) in [5.41, 5.74) is 0.961. The number of thiophene rings is 1. The summed E-state index contributed by atoms with van der Waals surface area (Å²) in [6.45, 7) is 4.23. The van der Waals surface area contributed by atoms with Gasteiger partial charge in [-0.3, -0.25) is 19.6 Å². The number of nitrogens with one attached hydrogen (secondary N) is 1. The van der Waals surface area contributed by atoms with Gasteiger partial charge in [-0.1, -0.05) is 18.2 Å². The number of carbonyl (C=O) groups excluding carboxylic acids is 1. The van der Waals surface area contributed by atoms with E-state index in [1.807, 2.05) is 42.6 Å². The van der Waals surface area contributed by atoms with E-state index < -0.39 is 0 Å². The monoisotopic (exact) mass is 409 g/mol. The number of para-hydroxylation sites is 2. The van der Waals surface area contributed by atoms with E-state index in [0.29, 0.717) is 34.4 Å². The Morgan fingerprint density at radius 3 is 2.83 bits per heavy atom. The van der Waals surface area contributed by atoms with Crippen LogP contribution in [-0.2, 0) is 6.54 Å². The van der Waals surface area contributed by atoms with Crippen LogP contribution in [0.2, 0.25) is 0 Å². The Bertz CT molecular complexity index is 1210. The zero-order chi connectivity index (χ0) is 20.4. The summed E-state index contributed by atoms with van der Waals surface area (Å²) >= 11 is 1.36. The second-order valence-corrected chi connectivity index (χ2v) is 7.26. The van der Waals surface area contributed by atoms with Crippen molar-refractivity contribution in [2.45, 2.75) is 20.4 Å². The lowest BCUT2D eigenvalue weighted by Gasteiger charge is -2.23. The quantitative estimate of drug-likeness (QED) is 0.528. The number of aromatic nitrogens is 4. The molecule has 1 amide bonds. The molecule has 9 heteroatoms. The Balaban J connectivity index is 1.78. The van der Waals surface area contributed by atoms with Crippen molar-refractivity contribution in [1.82, 2.24) is 19.6 Å². The Hall–Kier alpha value is -3.46. The van der Waals surface area contributed by atoms with Gasteiger partial charge >= 0.3 is 0 Å². The minimum Gasteiger partial charge on any atom is -0.492 e. The van der Waals surface area contributed by atoms with Crippen molar-refractivity contribution < 1.29 is 9.53 Å². The number of anilines is 1. The predicted molar refractivity (Wildman–Crippen MR) is 111 cm³/mol. The van der Waals surface area contributed by atoms with Crippen molar-refractivity contribution in [3.8, 4) is 5.75 Å². The van der Waals surface area contributed by atoms with Crippen LogP contribution in [0.3, 0.4) is 0 Å². The highest BCUT2D eigenvalue weighted by atomic mass is 32.1. The Labute approximate surface area is 170 Å². The fraction of sp³-hybridized carbons (Fsp3) is 0.200. The number of hydrogen-bond acceptors (Lipinski definition) is 6. The zero-order valence-corrected chi connectivity index (χ0v) is 16.8. The number of carbonyl (C=O) groups is 1. The second-order valence-electron chi connectivity index (χ2n) is 6.31. The van der Waals surface area contributed by atoms with E-state index in [-0.39, 0.29) is 23.8 Å². The molecule has 0 aliphatic heterocycles. The molecule has 1 N–H and O–H groups in total. The highest BCUT2D eigenvalue weighted by Gasteiger charge is 2.23. The second kappa shape index (κ2) is 7.88. The predicted octanol–water partition coefficient (Wildman–Crippen LogP) is 3.03. The SMILES string of the molecule is CCOc1ccccc1N(Cc1nc2nc(C)cc(=O)n2[nH]1)C(=O)c1cccs1. The summed E-state index contributed by atoms with van der Waals surface area (Å²) < 4.78 is 7.00. The Morgan fingerprint density at radius 1 is 1.24 bits per heavy atom. The summed E-state index contributed by atoms with van der Waals surface area (Å²) in [4.78, 5) is 36.3. The van der Waals surface area contributed by atoms with Gasteiger partial charge in [-0.2, -0.15) is 9.50 Å². The first kappa shape index (κ1) is 18.9. The minimum atomic E-state index is -0.253. The van der Waals surface area contributed by atoms with Crippen LogP contribution in [0.4, 0.5) is 5.69 Å². The van der Waals surface area contributed by atoms with Crippen LogP contribution in [0.5, 0.6) is 5.75 Å². The van der Waals surface area contributed by atoms with E-state index in [0.717, 1.165) is 0 Å². The highest BCUT2D eigenvalue weighted by molar-refractivity contribution is 7.12. The molecule has 0 fully saturated rings. The van der Waals surface area contributed by atoms with Crippen molar-refractivity contribution in [2.75, 3.05) is 11.5 Å². The van der Waals surface area contributed by atoms with E-state index in [9.17, 15) is 9.59 Å². The van der Waals surface area contributed by atoms with Gasteiger partial charge in [0.2, 0.25) is 0 Å². The first-order valence-electron chi connectivity index (χ1n) is 9.09. The summed E-state index contributed by atoms with van der Waals surface area (Å²) in [5, 5.41) is 4.80. The fourth-order valence-corrected chi connectivity index (χ4v) is 3.69. The van der Waals surface area contributed by atoms with Crippen molar-refractivity contribution in [3.63, 3.8) is 0 Å². The van der Waals surface area contributed by atoms with Crippen LogP contribution in [0.25, 0.3) is 5.78 Å². The van der Waals surface area contributed by atoms with Gasteiger partial charge in [-0.25, -0.2) is 4.98 Å². The van der Waals surface area contributed by atoms with Gasteiger partial charge in [0.05, 0.1) is 23.7 Å². The lowest BCUT2D eigenvalue weighted by Crippen LogP contribution is -2.31. The number of benzene rings is 1. The minimum absolute atomic E-state index is 0.128. The van der Waals surface area contributed by atoms with Gasteiger partial charge in [-0.05, 0) is 37.4 Å². The molecule has 0 unspecified atom stereocenters. The van der Waals surface area contributed by atoms with Gasteiger partial charge in [0, 0.05) is 11.8 Å². The average molecular weight is 409 g/mol. The molecule has 0 spiro atoms. The van der Waals surface area contributed by atoms with Gasteiger partial charge in [0.25, 0.3) is 17.2 Å². The van der Waals surface area contributed by atoms with Crippen LogP contribution in [0.1, 0.15) is 28.1 Å². The number of aromatic amines is 1. The van der Waals surface area contributed by atoms with Crippen LogP contribution >= 0.6 is 11.3 Å². The number of fused-ring (bicyclic) bond motifs is 1. The molecule has 4 aromatic rings. The molecule has 0 atom stereocenters. The molecule has 148 valence electrons. The fourth-order valence-electron chi connectivity index (χ4n) is 3.01. The molecule has 0 saturated heterocycles. The summed E-state index contributed by atoms with van der Waals surface area (Å²) in [6.07, 6.45) is 0. The molecule has 0 radical (unpaired) electrons. The molecule has 0 aliphatic rings. The molecule has 3 heterocycles. The maximum atomic E-state index is 13.3. The van der Waals surface area contributed by atoms with Gasteiger partial charge in [0.1, 0.15) is 11.6 Å². The topological polar surface area (TPSA) is 92.6 Å². The lowest BCUT2D eigenvalue weighted by molar-refractivity contribution is 0.0987. The lowest BCUT2D eigenvalue weighted by atomic mass is 10.2. The van der Waals surface area contributed by atoms with Crippen molar-refractivity contribution in [1.29, 1.82) is 0 Å². The molecule has 3 aromatic heterocycles. The molecule has 29 heavy (non-hydrogen) atoms. The third kappa shape index (κ3) is 3.77. The third-order valence-corrected chi connectivity index (χ3v) is 5.10. The smallest absolute Gasteiger partial charge is 0.274 e. The number of hydrogen-bond donors (Lipinski definition) is 1. The van der Waals surface area contributed by atoms with Crippen LogP contribution in [-0.4, -0.2) is 32.1 Å². The molecule has 1 aromatic carbocycles. The number of rotatable bonds is 6. The van der Waals surface area contributed by atoms with E-state index in [1.54, 1.807) is 17.9 Å². The van der Waals surface area contributed by atoms with E-state index >= 15 is 0 Å². The van der Waals surface area contributed by atoms with Gasteiger partial charge in [0.15, 0.2) is 0 Å². The van der Waals surface area contributed by atoms with Gasteiger partial charge in [-0.15, -0.1) is 11.3 Å². The highest BCUT2D eigenvalue weighted by Crippen LogP contribution is 2.31. The molecule has 4 rings (SSSR count). The number of H-pyrrole nitrogens is 1. The average Bonchev–Trinajstić information content (AvgIpc) is 3.36. The molecular weight excluding hydrogens is 390 g/mol. The number of nitrogens with zero attached hydrogens (tertiary/aromatic N) is 4.